The van der Waals surface area contributed by atoms with Crippen LogP contribution in [0.1, 0.15) is 60.4 Å². The average Bonchev–Trinajstić information content (AvgIpc) is 3.59. The third-order valence-corrected chi connectivity index (χ3v) is 19.4. The Morgan fingerprint density at radius 3 is 2.16 bits per heavy atom. The van der Waals surface area contributed by atoms with Crippen LogP contribution in [-0.4, -0.2) is 43.1 Å². The second-order valence-corrected chi connectivity index (χ2v) is 18.0. The van der Waals surface area contributed by atoms with Crippen molar-refractivity contribution in [2.75, 3.05) is 0 Å². The van der Waals surface area contributed by atoms with Crippen molar-refractivity contribution in [3.63, 3.8) is 0 Å². The minimum Gasteiger partial charge on any atom is -0.744 e. The van der Waals surface area contributed by atoms with Crippen LogP contribution in [0.2, 0.25) is 0 Å². The summed E-state index contributed by atoms with van der Waals surface area (Å²) < 4.78 is 58.0. The molecule has 3 aliphatic carbocycles. The smallest absolute Gasteiger partial charge is 0.340 e. The molecule has 9 nitrogen and oxygen atoms in total. The van der Waals surface area contributed by atoms with Crippen LogP contribution in [0.5, 0.6) is 5.75 Å². The van der Waals surface area contributed by atoms with Crippen molar-refractivity contribution in [2.24, 2.45) is 23.7 Å². The molecule has 2 aromatic rings. The van der Waals surface area contributed by atoms with E-state index in [1.807, 2.05) is 0 Å². The molecule has 2 aromatic carbocycles. The summed E-state index contributed by atoms with van der Waals surface area (Å²) in [7, 11) is -4.72. The summed E-state index contributed by atoms with van der Waals surface area (Å²) in [5.74, 6) is -4.03. The summed E-state index contributed by atoms with van der Waals surface area (Å²) in [5, 5.41) is 0. The van der Waals surface area contributed by atoms with E-state index in [2.05, 4.69) is 113 Å². The second-order valence-electron chi connectivity index (χ2n) is 11.2. The first-order valence-electron chi connectivity index (χ1n) is 13.5. The molecule has 6 atom stereocenters. The first-order chi connectivity index (χ1) is 20.3. The first-order valence-corrected chi connectivity index (χ1v) is 20.3. The molecule has 0 N–H and O–H groups in total. The molecule has 15 heteroatoms. The van der Waals surface area contributed by atoms with Crippen LogP contribution in [0.25, 0.3) is 0 Å². The molecular weight excluding hydrogens is 1150 g/mol. The van der Waals surface area contributed by atoms with Gasteiger partial charge in [-0.05, 0) is 162 Å². The van der Waals surface area contributed by atoms with Crippen LogP contribution in [-0.2, 0) is 29.2 Å². The Morgan fingerprint density at radius 2 is 1.53 bits per heavy atom. The maximum atomic E-state index is 13.7. The van der Waals surface area contributed by atoms with E-state index in [0.717, 1.165) is 50.0 Å². The Morgan fingerprint density at radius 1 is 0.907 bits per heavy atom. The third-order valence-electron chi connectivity index (χ3n) is 8.99. The highest BCUT2D eigenvalue weighted by atomic mass is 127. The molecule has 1 aliphatic heterocycles. The van der Waals surface area contributed by atoms with Gasteiger partial charge in [0.25, 0.3) is 0 Å². The zero-order valence-electron chi connectivity index (χ0n) is 22.0. The van der Waals surface area contributed by atoms with Crippen molar-refractivity contribution in [3.8, 4) is 5.75 Å². The van der Waals surface area contributed by atoms with E-state index >= 15 is 0 Å². The number of rotatable bonds is 6. The molecule has 4 fully saturated rings. The van der Waals surface area contributed by atoms with E-state index < -0.39 is 58.0 Å². The van der Waals surface area contributed by atoms with Crippen LogP contribution < -0.4 is 4.74 Å². The molecule has 1 saturated heterocycles. The molecule has 0 spiro atoms. The van der Waals surface area contributed by atoms with E-state index in [1.165, 1.54) is 18.2 Å². The van der Waals surface area contributed by atoms with Crippen LogP contribution in [0.3, 0.4) is 0 Å². The lowest BCUT2D eigenvalue weighted by Crippen LogP contribution is -2.44. The molecule has 0 radical (unpaired) electrons. The van der Waals surface area contributed by atoms with Gasteiger partial charge in [-0.2, -0.15) is 0 Å². The van der Waals surface area contributed by atoms with Crippen molar-refractivity contribution >= 4 is 141 Å². The Bertz CT molecular complexity index is 1630. The maximum Gasteiger partial charge on any atom is 0.340 e. The van der Waals surface area contributed by atoms with Gasteiger partial charge in [-0.25, -0.2) is 13.2 Å². The predicted octanol–water partition coefficient (Wildman–Crippen LogP) is 6.60. The number of benzene rings is 2. The fourth-order valence-electron chi connectivity index (χ4n) is 7.17. The lowest BCUT2D eigenvalue weighted by molar-refractivity contribution is -0.149. The van der Waals surface area contributed by atoms with Crippen LogP contribution >= 0.6 is 113 Å². The Labute approximate surface area is 316 Å². The van der Waals surface area contributed by atoms with E-state index in [1.54, 1.807) is 0 Å². The number of carbonyl (C=O) groups is 3. The zero-order chi connectivity index (χ0) is 31.0. The van der Waals surface area contributed by atoms with Gasteiger partial charge in [0.2, 0.25) is 0 Å². The number of esters is 3. The fraction of sp³-hybridized carbons (Fsp3) is 0.464. The van der Waals surface area contributed by atoms with Gasteiger partial charge in [0.1, 0.15) is 28.1 Å². The summed E-state index contributed by atoms with van der Waals surface area (Å²) in [6.07, 6.45) is 3.42. The fourth-order valence-corrected chi connectivity index (χ4v) is 13.1. The quantitative estimate of drug-likeness (QED) is 0.0784. The predicted molar refractivity (Wildman–Crippen MR) is 194 cm³/mol. The number of halogens is 5. The highest BCUT2D eigenvalue weighted by Crippen LogP contribution is 2.59. The number of hydrogen-bond acceptors (Lipinski definition) is 9. The standard InChI is InChI=1S/C28H23I5O9S/c29-19-18(20(30)22(32)23(33)21(19)31)28(36)42-25-13-9-14-17(27(35)41-24(14)25)16(13)26(34)40-11-6-7-15(43(37,38)39)12(8-11)10-4-2-1-3-5-10/h6-8,10,13-14,16-17,24-25H,1-5,9H2,(H,37,38,39)/p-1. The normalized spacial score (nSPS) is 28.2. The molecule has 1 heterocycles. The molecule has 2 bridgehead atoms. The van der Waals surface area contributed by atoms with Crippen molar-refractivity contribution in [1.82, 2.24) is 0 Å². The highest BCUT2D eigenvalue weighted by molar-refractivity contribution is 14.1. The summed E-state index contributed by atoms with van der Waals surface area (Å²) in [6.45, 7) is 0. The van der Waals surface area contributed by atoms with Crippen LogP contribution in [0.15, 0.2) is 23.1 Å². The summed E-state index contributed by atoms with van der Waals surface area (Å²) in [5.41, 5.74) is 0.813. The van der Waals surface area contributed by atoms with Crippen molar-refractivity contribution in [3.05, 3.63) is 47.2 Å². The molecule has 3 saturated carbocycles. The van der Waals surface area contributed by atoms with Gasteiger partial charge in [-0.15, -0.1) is 0 Å². The Balaban J connectivity index is 1.27. The monoisotopic (exact) mass is 1170 g/mol. The minimum atomic E-state index is -4.72. The van der Waals surface area contributed by atoms with Crippen molar-refractivity contribution in [2.45, 2.75) is 61.5 Å². The average molecular weight is 1170 g/mol. The van der Waals surface area contributed by atoms with E-state index in [4.69, 9.17) is 14.2 Å². The summed E-state index contributed by atoms with van der Waals surface area (Å²) in [4.78, 5) is 39.9. The van der Waals surface area contributed by atoms with E-state index in [0.29, 0.717) is 17.5 Å². The largest absolute Gasteiger partial charge is 0.744 e. The molecule has 4 aliphatic rings. The second kappa shape index (κ2) is 12.8. The topological polar surface area (TPSA) is 136 Å². The molecule has 0 amide bonds. The van der Waals surface area contributed by atoms with E-state index in [9.17, 15) is 27.4 Å². The summed E-state index contributed by atoms with van der Waals surface area (Å²) in [6, 6.07) is 3.98. The van der Waals surface area contributed by atoms with Gasteiger partial charge in [-0.3, -0.25) is 9.59 Å². The minimum absolute atomic E-state index is 0.115. The number of carbonyl (C=O) groups excluding carboxylic acids is 3. The van der Waals surface area contributed by atoms with Gasteiger partial charge in [0, 0.05) is 29.7 Å². The zero-order valence-corrected chi connectivity index (χ0v) is 33.6. The number of ether oxygens (including phenoxy) is 3. The first kappa shape index (κ1) is 33.3. The molecule has 0 aromatic heterocycles. The highest BCUT2D eigenvalue weighted by Gasteiger charge is 2.70. The molecular formula is C28H22I5O9S-. The van der Waals surface area contributed by atoms with Crippen LogP contribution in [0, 0.1) is 41.5 Å². The van der Waals surface area contributed by atoms with Gasteiger partial charge >= 0.3 is 17.9 Å². The van der Waals surface area contributed by atoms with Gasteiger partial charge in [0.05, 0.1) is 22.3 Å². The Kier molecular flexibility index (Phi) is 9.91. The van der Waals surface area contributed by atoms with Gasteiger partial charge in [-0.1, -0.05) is 19.3 Å². The lowest BCUT2D eigenvalue weighted by Gasteiger charge is -2.30. The summed E-state index contributed by atoms with van der Waals surface area (Å²) >= 11 is 10.9. The molecule has 6 rings (SSSR count). The molecule has 230 valence electrons. The SMILES string of the molecule is O=C(OC1C2CC3C1OC(=O)C3C2C(=O)Oc1ccc(S(=O)(=O)[O-])c(C2CCCCC2)c1)c1c(I)c(I)c(I)c(I)c1I. The van der Waals surface area contributed by atoms with Gasteiger partial charge in [0.15, 0.2) is 0 Å². The number of fused-ring (bicyclic) bond motifs is 1. The van der Waals surface area contributed by atoms with Crippen molar-refractivity contribution < 1.29 is 41.6 Å². The Hall–Kier alpha value is 0.410. The lowest BCUT2D eigenvalue weighted by atomic mass is 9.78. The maximum absolute atomic E-state index is 13.7. The van der Waals surface area contributed by atoms with Gasteiger partial charge < -0.3 is 18.8 Å². The third kappa shape index (κ3) is 6.00. The van der Waals surface area contributed by atoms with Crippen molar-refractivity contribution in [1.29, 1.82) is 0 Å². The van der Waals surface area contributed by atoms with E-state index in [-0.39, 0.29) is 22.5 Å². The number of hydrogen-bond donors (Lipinski definition) is 0. The molecule has 6 unspecified atom stereocenters. The molecule has 43 heavy (non-hydrogen) atoms. The van der Waals surface area contributed by atoms with Crippen LogP contribution in [0.4, 0.5) is 0 Å².